The van der Waals surface area contributed by atoms with E-state index < -0.39 is 23.2 Å². The number of esters is 1. The number of nitrogens with zero attached hydrogens (tertiary/aromatic N) is 1. The summed E-state index contributed by atoms with van der Waals surface area (Å²) in [5.74, 6) is -0.653. The van der Waals surface area contributed by atoms with Crippen LogP contribution in [-0.2, 0) is 22.5 Å². The minimum atomic E-state index is -4.56. The predicted molar refractivity (Wildman–Crippen MR) is 71.3 cm³/mol. The Morgan fingerprint density at radius 1 is 1.48 bits per heavy atom. The number of alkyl halides is 3. The molecule has 0 amide bonds. The fraction of sp³-hybridized carbons (Fsp3) is 0.385. The lowest BCUT2D eigenvalue weighted by molar-refractivity contribution is -0.142. The largest absolute Gasteiger partial charge is 0.466 e. The Bertz CT molecular complexity index is 568. The lowest BCUT2D eigenvalue weighted by Gasteiger charge is -2.14. The highest BCUT2D eigenvalue weighted by Gasteiger charge is 2.32. The summed E-state index contributed by atoms with van der Waals surface area (Å²) in [5, 5.41) is 9.01. The first-order valence-corrected chi connectivity index (χ1v) is 6.79. The van der Waals surface area contributed by atoms with Crippen LogP contribution in [0.15, 0.2) is 17.0 Å². The van der Waals surface area contributed by atoms with E-state index in [0.717, 1.165) is 0 Å². The minimum Gasteiger partial charge on any atom is -0.466 e. The van der Waals surface area contributed by atoms with Gasteiger partial charge in [0.15, 0.2) is 0 Å². The maximum atomic E-state index is 12.6. The van der Waals surface area contributed by atoms with E-state index >= 15 is 0 Å². The van der Waals surface area contributed by atoms with Crippen LogP contribution in [0, 0.1) is 11.3 Å². The van der Waals surface area contributed by atoms with Crippen LogP contribution in [0.5, 0.6) is 0 Å². The first-order valence-electron chi connectivity index (χ1n) is 5.98. The van der Waals surface area contributed by atoms with Gasteiger partial charge in [-0.25, -0.2) is 0 Å². The molecule has 0 saturated heterocycles. The second-order valence-electron chi connectivity index (χ2n) is 3.98. The molecule has 0 aliphatic carbocycles. The van der Waals surface area contributed by atoms with Gasteiger partial charge in [-0.1, -0.05) is 6.07 Å². The number of halogens is 3. The number of benzene rings is 1. The average molecular weight is 318 g/mol. The summed E-state index contributed by atoms with van der Waals surface area (Å²) >= 11 is -0.413. The van der Waals surface area contributed by atoms with Crippen molar-refractivity contribution in [1.82, 2.24) is 0 Å². The van der Waals surface area contributed by atoms with Gasteiger partial charge in [-0.05, 0) is 35.9 Å². The Kier molecular flexibility index (Phi) is 6.05. The maximum absolute atomic E-state index is 12.6. The molecule has 2 N–H and O–H groups in total. The summed E-state index contributed by atoms with van der Waals surface area (Å²) in [6, 6.07) is 4.40. The molecule has 114 valence electrons. The van der Waals surface area contributed by atoms with E-state index in [1.54, 1.807) is 13.0 Å². The lowest BCUT2D eigenvalue weighted by atomic mass is 10.0. The molecule has 0 bridgehead atoms. The van der Waals surface area contributed by atoms with Crippen molar-refractivity contribution >= 4 is 17.7 Å². The molecule has 0 radical (unpaired) electrons. The molecule has 0 unspecified atom stereocenters. The van der Waals surface area contributed by atoms with E-state index in [2.05, 4.69) is 0 Å². The van der Waals surface area contributed by atoms with E-state index in [1.807, 2.05) is 0 Å². The van der Waals surface area contributed by atoms with Crippen molar-refractivity contribution in [1.29, 1.82) is 5.26 Å². The van der Waals surface area contributed by atoms with E-state index in [0.29, 0.717) is 5.56 Å². The second kappa shape index (κ2) is 7.33. The number of thioether (sulfide) groups is 1. The Morgan fingerprint density at radius 2 is 2.14 bits per heavy atom. The SMILES string of the molecule is CCOC(=O)Cc1cc(CN)cc(C#N)c1SC(F)(F)F. The molecule has 0 spiro atoms. The second-order valence-corrected chi connectivity index (χ2v) is 5.05. The van der Waals surface area contributed by atoms with Gasteiger partial charge in [0.1, 0.15) is 6.07 Å². The minimum absolute atomic E-state index is 0.0570. The van der Waals surface area contributed by atoms with Crippen molar-refractivity contribution in [2.45, 2.75) is 30.3 Å². The third kappa shape index (κ3) is 5.28. The first-order chi connectivity index (χ1) is 9.80. The van der Waals surface area contributed by atoms with Crippen LogP contribution in [-0.4, -0.2) is 18.1 Å². The highest BCUT2D eigenvalue weighted by molar-refractivity contribution is 8.00. The smallest absolute Gasteiger partial charge is 0.446 e. The zero-order valence-corrected chi connectivity index (χ0v) is 12.0. The number of nitriles is 1. The third-order valence-corrected chi connectivity index (χ3v) is 3.36. The van der Waals surface area contributed by atoms with Gasteiger partial charge in [0, 0.05) is 11.4 Å². The van der Waals surface area contributed by atoms with Crippen molar-refractivity contribution in [3.8, 4) is 6.07 Å². The van der Waals surface area contributed by atoms with Gasteiger partial charge in [-0.3, -0.25) is 4.79 Å². The van der Waals surface area contributed by atoms with Crippen molar-refractivity contribution < 1.29 is 22.7 Å². The van der Waals surface area contributed by atoms with Gasteiger partial charge in [-0.15, -0.1) is 0 Å². The Balaban J connectivity index is 3.29. The van der Waals surface area contributed by atoms with E-state index in [1.165, 1.54) is 12.1 Å². The lowest BCUT2D eigenvalue weighted by Crippen LogP contribution is -2.11. The molecule has 8 heteroatoms. The van der Waals surface area contributed by atoms with Gasteiger partial charge in [0.05, 0.1) is 18.6 Å². The van der Waals surface area contributed by atoms with E-state index in [9.17, 15) is 18.0 Å². The van der Waals surface area contributed by atoms with Gasteiger partial charge < -0.3 is 10.5 Å². The van der Waals surface area contributed by atoms with Gasteiger partial charge >= 0.3 is 11.5 Å². The molecule has 0 aromatic heterocycles. The van der Waals surface area contributed by atoms with Crippen molar-refractivity contribution in [2.24, 2.45) is 5.73 Å². The molecule has 0 atom stereocenters. The van der Waals surface area contributed by atoms with Crippen LogP contribution < -0.4 is 5.73 Å². The zero-order chi connectivity index (χ0) is 16.0. The normalized spacial score (nSPS) is 11.0. The predicted octanol–water partition coefficient (Wildman–Crippen LogP) is 2.73. The molecule has 1 aromatic rings. The van der Waals surface area contributed by atoms with Gasteiger partial charge in [0.25, 0.3) is 0 Å². The summed E-state index contributed by atoms with van der Waals surface area (Å²) in [4.78, 5) is 11.2. The number of ether oxygens (including phenoxy) is 1. The van der Waals surface area contributed by atoms with Crippen LogP contribution in [0.1, 0.15) is 23.6 Å². The number of carbonyl (C=O) groups is 1. The number of nitrogens with two attached hydrogens (primary N) is 1. The Morgan fingerprint density at radius 3 is 2.62 bits per heavy atom. The molecule has 1 aromatic carbocycles. The molecule has 21 heavy (non-hydrogen) atoms. The number of rotatable bonds is 5. The topological polar surface area (TPSA) is 76.1 Å². The molecule has 0 fully saturated rings. The third-order valence-electron chi connectivity index (χ3n) is 2.44. The van der Waals surface area contributed by atoms with Crippen LogP contribution in [0.2, 0.25) is 0 Å². The quantitative estimate of drug-likeness (QED) is 0.667. The summed E-state index contributed by atoms with van der Waals surface area (Å²) in [6.07, 6.45) is -0.339. The van der Waals surface area contributed by atoms with Crippen LogP contribution in [0.4, 0.5) is 13.2 Å². The molecule has 0 aliphatic rings. The molecule has 0 saturated carbocycles. The van der Waals surface area contributed by atoms with Crippen LogP contribution in [0.3, 0.4) is 0 Å². The zero-order valence-electron chi connectivity index (χ0n) is 11.2. The molecular formula is C13H13F3N2O2S. The highest BCUT2D eigenvalue weighted by atomic mass is 32.2. The highest BCUT2D eigenvalue weighted by Crippen LogP contribution is 2.41. The van der Waals surface area contributed by atoms with E-state index in [-0.39, 0.29) is 35.6 Å². The number of hydrogen-bond acceptors (Lipinski definition) is 5. The first kappa shape index (κ1) is 17.3. The Hall–Kier alpha value is -1.72. The summed E-state index contributed by atoms with van der Waals surface area (Å²) in [5.41, 5.74) is 1.32. The summed E-state index contributed by atoms with van der Waals surface area (Å²) in [7, 11) is 0. The van der Waals surface area contributed by atoms with Crippen LogP contribution >= 0.6 is 11.8 Å². The fourth-order valence-corrected chi connectivity index (χ4v) is 2.40. The summed E-state index contributed by atoms with van der Waals surface area (Å²) < 4.78 is 42.6. The molecule has 0 heterocycles. The van der Waals surface area contributed by atoms with Crippen molar-refractivity contribution in [2.75, 3.05) is 6.61 Å². The number of hydrogen-bond donors (Lipinski definition) is 1. The van der Waals surface area contributed by atoms with E-state index in [4.69, 9.17) is 15.7 Å². The molecule has 1 rings (SSSR count). The van der Waals surface area contributed by atoms with Gasteiger partial charge in [-0.2, -0.15) is 18.4 Å². The average Bonchev–Trinajstić information content (AvgIpc) is 2.39. The summed E-state index contributed by atoms with van der Waals surface area (Å²) in [6.45, 7) is 1.78. The molecule has 4 nitrogen and oxygen atoms in total. The van der Waals surface area contributed by atoms with Gasteiger partial charge in [0.2, 0.25) is 0 Å². The monoisotopic (exact) mass is 318 g/mol. The van der Waals surface area contributed by atoms with Crippen molar-refractivity contribution in [3.05, 3.63) is 28.8 Å². The maximum Gasteiger partial charge on any atom is 0.446 e. The van der Waals surface area contributed by atoms with Crippen LogP contribution in [0.25, 0.3) is 0 Å². The molecule has 0 aliphatic heterocycles. The molecular weight excluding hydrogens is 305 g/mol. The standard InChI is InChI=1S/C13H13F3N2O2S/c1-2-20-11(19)5-9-3-8(6-17)4-10(7-18)12(9)21-13(14,15)16/h3-4H,2,5-6,17H2,1H3. The fourth-order valence-electron chi connectivity index (χ4n) is 1.69. The van der Waals surface area contributed by atoms with Crippen molar-refractivity contribution in [3.63, 3.8) is 0 Å². The Labute approximate surface area is 124 Å². The number of carbonyl (C=O) groups excluding carboxylic acids is 1.